The van der Waals surface area contributed by atoms with Gasteiger partial charge in [0.05, 0.1) is 11.6 Å². The standard InChI is InChI=1S/C12H24N6O/c1-8(18(6)7-12(2,3)19)9-14-10(13)16-11(15-9)17(4)5/h8,19H,7H2,1-6H3,(H2,13,14,15,16). The maximum Gasteiger partial charge on any atom is 0.229 e. The molecule has 0 aliphatic carbocycles. The Hall–Kier alpha value is -1.47. The molecule has 0 aliphatic rings. The number of likely N-dealkylation sites (N-methyl/N-ethyl adjacent to an activating group) is 1. The molecule has 0 saturated carbocycles. The summed E-state index contributed by atoms with van der Waals surface area (Å²) in [6.07, 6.45) is 0. The second kappa shape index (κ2) is 5.66. The van der Waals surface area contributed by atoms with E-state index in [-0.39, 0.29) is 12.0 Å². The number of aliphatic hydroxyl groups is 1. The van der Waals surface area contributed by atoms with Crippen LogP contribution in [0, 0.1) is 0 Å². The van der Waals surface area contributed by atoms with E-state index in [4.69, 9.17) is 5.73 Å². The summed E-state index contributed by atoms with van der Waals surface area (Å²) >= 11 is 0. The molecular formula is C12H24N6O. The lowest BCUT2D eigenvalue weighted by molar-refractivity contribution is 0.0323. The van der Waals surface area contributed by atoms with Crippen molar-refractivity contribution in [1.82, 2.24) is 19.9 Å². The summed E-state index contributed by atoms with van der Waals surface area (Å²) in [5, 5.41) is 9.85. The Balaban J connectivity index is 2.96. The summed E-state index contributed by atoms with van der Waals surface area (Å²) in [7, 11) is 5.62. The molecule has 0 fully saturated rings. The lowest BCUT2D eigenvalue weighted by Crippen LogP contribution is -2.38. The summed E-state index contributed by atoms with van der Waals surface area (Å²) in [5.41, 5.74) is 4.93. The van der Waals surface area contributed by atoms with Gasteiger partial charge in [0.25, 0.3) is 0 Å². The predicted molar refractivity (Wildman–Crippen MR) is 75.9 cm³/mol. The first kappa shape index (κ1) is 15.6. The van der Waals surface area contributed by atoms with E-state index < -0.39 is 5.60 Å². The molecule has 0 aliphatic heterocycles. The van der Waals surface area contributed by atoms with Crippen LogP contribution >= 0.6 is 0 Å². The Morgan fingerprint density at radius 1 is 1.21 bits per heavy atom. The van der Waals surface area contributed by atoms with Gasteiger partial charge in [-0.15, -0.1) is 0 Å². The minimum Gasteiger partial charge on any atom is -0.389 e. The maximum absolute atomic E-state index is 9.85. The van der Waals surface area contributed by atoms with Crippen LogP contribution in [0.25, 0.3) is 0 Å². The van der Waals surface area contributed by atoms with Crippen molar-refractivity contribution in [3.05, 3.63) is 5.82 Å². The molecule has 1 unspecified atom stereocenters. The lowest BCUT2D eigenvalue weighted by atomic mass is 10.1. The van der Waals surface area contributed by atoms with Gasteiger partial charge in [0.15, 0.2) is 5.82 Å². The van der Waals surface area contributed by atoms with Crippen LogP contribution in [0.15, 0.2) is 0 Å². The average molecular weight is 268 g/mol. The van der Waals surface area contributed by atoms with Gasteiger partial charge in [-0.3, -0.25) is 4.90 Å². The van der Waals surface area contributed by atoms with Gasteiger partial charge < -0.3 is 15.7 Å². The third kappa shape index (κ3) is 4.60. The van der Waals surface area contributed by atoms with Gasteiger partial charge in [-0.25, -0.2) is 0 Å². The van der Waals surface area contributed by atoms with Crippen LogP contribution in [0.4, 0.5) is 11.9 Å². The van der Waals surface area contributed by atoms with Crippen molar-refractivity contribution in [3.63, 3.8) is 0 Å². The van der Waals surface area contributed by atoms with Gasteiger partial charge in [0.2, 0.25) is 11.9 Å². The zero-order valence-corrected chi connectivity index (χ0v) is 12.5. The van der Waals surface area contributed by atoms with Crippen molar-refractivity contribution in [1.29, 1.82) is 0 Å². The van der Waals surface area contributed by atoms with E-state index in [0.717, 1.165) is 0 Å². The topological polar surface area (TPSA) is 91.4 Å². The SMILES string of the molecule is CC(c1nc(N)nc(N(C)C)n1)N(C)CC(C)(C)O. The second-order valence-corrected chi connectivity index (χ2v) is 5.65. The Bertz CT molecular complexity index is 429. The zero-order valence-electron chi connectivity index (χ0n) is 12.5. The van der Waals surface area contributed by atoms with Crippen LogP contribution in [-0.4, -0.2) is 58.2 Å². The molecule has 0 saturated heterocycles. The Kier molecular flexibility index (Phi) is 4.65. The number of nitrogens with zero attached hydrogens (tertiary/aromatic N) is 5. The molecule has 0 spiro atoms. The van der Waals surface area contributed by atoms with Crippen LogP contribution in [-0.2, 0) is 0 Å². The Labute approximate surface area is 114 Å². The molecule has 0 amide bonds. The largest absolute Gasteiger partial charge is 0.389 e. The van der Waals surface area contributed by atoms with E-state index in [1.54, 1.807) is 18.7 Å². The normalized spacial score (nSPS) is 13.7. The van der Waals surface area contributed by atoms with Gasteiger partial charge in [-0.1, -0.05) is 0 Å². The molecule has 1 rings (SSSR count). The highest BCUT2D eigenvalue weighted by molar-refractivity contribution is 5.33. The molecule has 1 aromatic rings. The van der Waals surface area contributed by atoms with E-state index in [0.29, 0.717) is 18.3 Å². The maximum atomic E-state index is 9.85. The Morgan fingerprint density at radius 3 is 2.26 bits per heavy atom. The molecule has 7 nitrogen and oxygen atoms in total. The first-order valence-corrected chi connectivity index (χ1v) is 6.21. The van der Waals surface area contributed by atoms with E-state index >= 15 is 0 Å². The number of aromatic nitrogens is 3. The fourth-order valence-electron chi connectivity index (χ4n) is 1.73. The second-order valence-electron chi connectivity index (χ2n) is 5.65. The van der Waals surface area contributed by atoms with Crippen molar-refractivity contribution in [2.75, 3.05) is 38.3 Å². The predicted octanol–water partition coefficient (Wildman–Crippen LogP) is 0.284. The smallest absolute Gasteiger partial charge is 0.229 e. The van der Waals surface area contributed by atoms with E-state index in [2.05, 4.69) is 15.0 Å². The minimum atomic E-state index is -0.772. The first-order valence-electron chi connectivity index (χ1n) is 6.21. The molecule has 1 heterocycles. The summed E-state index contributed by atoms with van der Waals surface area (Å²) in [6.45, 7) is 6.02. The third-order valence-electron chi connectivity index (χ3n) is 2.73. The van der Waals surface area contributed by atoms with Gasteiger partial charge in [0.1, 0.15) is 0 Å². The quantitative estimate of drug-likeness (QED) is 0.792. The van der Waals surface area contributed by atoms with Crippen molar-refractivity contribution in [2.45, 2.75) is 32.4 Å². The molecule has 0 bridgehead atoms. The molecule has 0 aromatic carbocycles. The lowest BCUT2D eigenvalue weighted by Gasteiger charge is -2.29. The highest BCUT2D eigenvalue weighted by atomic mass is 16.3. The molecule has 1 atom stereocenters. The average Bonchev–Trinajstić information content (AvgIpc) is 2.24. The van der Waals surface area contributed by atoms with E-state index in [1.165, 1.54) is 0 Å². The van der Waals surface area contributed by atoms with Crippen LogP contribution < -0.4 is 10.6 Å². The number of nitrogen functional groups attached to an aromatic ring is 1. The van der Waals surface area contributed by atoms with E-state index in [1.807, 2.05) is 33.0 Å². The number of anilines is 2. The minimum absolute atomic E-state index is 0.0598. The number of hydrogen-bond acceptors (Lipinski definition) is 7. The summed E-state index contributed by atoms with van der Waals surface area (Å²) in [6, 6.07) is -0.0598. The Morgan fingerprint density at radius 2 is 1.79 bits per heavy atom. The fourth-order valence-corrected chi connectivity index (χ4v) is 1.73. The van der Waals surface area contributed by atoms with Crippen molar-refractivity contribution < 1.29 is 5.11 Å². The van der Waals surface area contributed by atoms with Crippen LogP contribution in [0.1, 0.15) is 32.6 Å². The highest BCUT2D eigenvalue weighted by Gasteiger charge is 2.22. The zero-order chi connectivity index (χ0) is 14.8. The molecule has 7 heteroatoms. The van der Waals surface area contributed by atoms with Gasteiger partial charge in [0, 0.05) is 20.6 Å². The van der Waals surface area contributed by atoms with Crippen LogP contribution in [0.3, 0.4) is 0 Å². The molecule has 0 radical (unpaired) electrons. The van der Waals surface area contributed by atoms with Gasteiger partial charge in [-0.2, -0.15) is 15.0 Å². The number of rotatable bonds is 5. The molecular weight excluding hydrogens is 244 g/mol. The third-order valence-corrected chi connectivity index (χ3v) is 2.73. The highest BCUT2D eigenvalue weighted by Crippen LogP contribution is 2.19. The van der Waals surface area contributed by atoms with Crippen LogP contribution in [0.2, 0.25) is 0 Å². The van der Waals surface area contributed by atoms with Crippen molar-refractivity contribution >= 4 is 11.9 Å². The summed E-state index contributed by atoms with van der Waals surface area (Å²) in [5.74, 6) is 1.34. The van der Waals surface area contributed by atoms with Crippen molar-refractivity contribution in [2.24, 2.45) is 0 Å². The first-order chi connectivity index (χ1) is 8.60. The van der Waals surface area contributed by atoms with Gasteiger partial charge >= 0.3 is 0 Å². The number of nitrogens with two attached hydrogens (primary N) is 1. The van der Waals surface area contributed by atoms with Crippen LogP contribution in [0.5, 0.6) is 0 Å². The monoisotopic (exact) mass is 268 g/mol. The molecule has 3 N–H and O–H groups in total. The summed E-state index contributed by atoms with van der Waals surface area (Å²) < 4.78 is 0. The molecule has 108 valence electrons. The summed E-state index contributed by atoms with van der Waals surface area (Å²) in [4.78, 5) is 16.4. The van der Waals surface area contributed by atoms with Gasteiger partial charge in [-0.05, 0) is 27.8 Å². The van der Waals surface area contributed by atoms with Crippen molar-refractivity contribution in [3.8, 4) is 0 Å². The van der Waals surface area contributed by atoms with E-state index in [9.17, 15) is 5.11 Å². The fraction of sp³-hybridized carbons (Fsp3) is 0.750. The molecule has 19 heavy (non-hydrogen) atoms. The number of hydrogen-bond donors (Lipinski definition) is 2. The molecule has 1 aromatic heterocycles.